The fraction of sp³-hybridized carbons (Fsp3) is 0.167. The number of methoxy groups -OCH3 is 1. The second-order valence-corrected chi connectivity index (χ2v) is 7.94. The van der Waals surface area contributed by atoms with Gasteiger partial charge in [0, 0.05) is 23.5 Å². The second-order valence-electron chi connectivity index (χ2n) is 7.00. The molecule has 0 bridgehead atoms. The summed E-state index contributed by atoms with van der Waals surface area (Å²) in [5.74, 6) is 1.08. The van der Waals surface area contributed by atoms with E-state index >= 15 is 0 Å². The van der Waals surface area contributed by atoms with Gasteiger partial charge in [0.05, 0.1) is 12.7 Å². The molecule has 0 spiro atoms. The summed E-state index contributed by atoms with van der Waals surface area (Å²) >= 11 is 1.14. The molecule has 0 aliphatic heterocycles. The minimum Gasteiger partial charge on any atom is -0.496 e. The van der Waals surface area contributed by atoms with E-state index < -0.39 is 0 Å². The lowest BCUT2D eigenvalue weighted by atomic mass is 10.0. The molecule has 1 unspecified atom stereocenters. The van der Waals surface area contributed by atoms with E-state index in [9.17, 15) is 4.79 Å². The van der Waals surface area contributed by atoms with Crippen LogP contribution >= 0.6 is 11.3 Å². The van der Waals surface area contributed by atoms with Gasteiger partial charge in [-0.1, -0.05) is 41.5 Å². The van der Waals surface area contributed by atoms with Gasteiger partial charge in [-0.3, -0.25) is 15.1 Å². The van der Waals surface area contributed by atoms with Gasteiger partial charge in [0.2, 0.25) is 5.13 Å². The number of nitrogens with one attached hydrogen (secondary N) is 1. The third kappa shape index (κ3) is 5.64. The lowest BCUT2D eigenvalue weighted by Crippen LogP contribution is -2.20. The van der Waals surface area contributed by atoms with E-state index in [1.54, 1.807) is 25.6 Å². The summed E-state index contributed by atoms with van der Waals surface area (Å²) in [5, 5.41) is 11.5. The largest absolute Gasteiger partial charge is 0.496 e. The van der Waals surface area contributed by atoms with E-state index in [1.807, 2.05) is 61.5 Å². The smallest absolute Gasteiger partial charge is 0.296 e. The Bertz CT molecular complexity index is 1220. The average molecular weight is 463 g/mol. The maximum atomic E-state index is 13.0. The highest BCUT2D eigenvalue weighted by Crippen LogP contribution is 2.32. The number of anilines is 1. The predicted octanol–water partition coefficient (Wildman–Crippen LogP) is 4.71. The molecular formula is C24H22N4O4S. The van der Waals surface area contributed by atoms with Crippen LogP contribution in [0.3, 0.4) is 0 Å². The van der Waals surface area contributed by atoms with E-state index in [-0.39, 0.29) is 12.0 Å². The number of carbonyl (C=O) groups is 1. The van der Waals surface area contributed by atoms with Crippen molar-refractivity contribution in [1.82, 2.24) is 15.2 Å². The van der Waals surface area contributed by atoms with Crippen molar-refractivity contribution < 1.29 is 19.0 Å². The van der Waals surface area contributed by atoms with Crippen LogP contribution in [0.1, 0.15) is 17.3 Å². The van der Waals surface area contributed by atoms with Crippen molar-refractivity contribution >= 4 is 22.4 Å². The molecule has 1 N–H and O–H groups in total. The maximum absolute atomic E-state index is 13.0. The van der Waals surface area contributed by atoms with Gasteiger partial charge in [-0.25, -0.2) is 0 Å². The molecule has 8 nitrogen and oxygen atoms in total. The fourth-order valence-electron chi connectivity index (χ4n) is 3.08. The third-order valence-electron chi connectivity index (χ3n) is 4.62. The number of pyridine rings is 1. The Morgan fingerprint density at radius 1 is 1.03 bits per heavy atom. The Morgan fingerprint density at radius 3 is 2.64 bits per heavy atom. The standard InChI is InChI=1S/C24H22N4O4S/c1-16(15-31-17-8-4-3-5-9-17)32-24-28-27-23(33-24)26-22(29)19-12-13-25-14-20(19)18-10-6-7-11-21(18)30-2/h3-14,16H,15H2,1-2H3,(H,26,27,29). The molecule has 0 saturated heterocycles. The molecule has 0 aliphatic carbocycles. The topological polar surface area (TPSA) is 95.5 Å². The van der Waals surface area contributed by atoms with Crippen LogP contribution in [0.25, 0.3) is 11.1 Å². The minimum atomic E-state index is -0.332. The fourth-order valence-corrected chi connectivity index (χ4v) is 3.77. The number of nitrogens with zero attached hydrogens (tertiary/aromatic N) is 3. The first-order valence-corrected chi connectivity index (χ1v) is 11.0. The molecule has 0 aliphatic rings. The van der Waals surface area contributed by atoms with Crippen LogP contribution in [0.4, 0.5) is 5.13 Å². The van der Waals surface area contributed by atoms with Gasteiger partial charge in [-0.05, 0) is 42.5 Å². The molecule has 2 aromatic heterocycles. The molecule has 1 atom stereocenters. The number of hydrogen-bond donors (Lipinski definition) is 1. The maximum Gasteiger partial charge on any atom is 0.296 e. The molecule has 4 aromatic rings. The minimum absolute atomic E-state index is 0.251. The Morgan fingerprint density at radius 2 is 1.82 bits per heavy atom. The zero-order chi connectivity index (χ0) is 23.0. The van der Waals surface area contributed by atoms with Gasteiger partial charge in [0.1, 0.15) is 24.2 Å². The van der Waals surface area contributed by atoms with Gasteiger partial charge in [0.15, 0.2) is 0 Å². The van der Waals surface area contributed by atoms with Crippen LogP contribution in [-0.4, -0.2) is 40.9 Å². The highest BCUT2D eigenvalue weighted by atomic mass is 32.1. The Labute approximate surface area is 195 Å². The number of rotatable bonds is 9. The molecule has 9 heteroatoms. The summed E-state index contributed by atoms with van der Waals surface area (Å²) in [7, 11) is 1.59. The average Bonchev–Trinajstić information content (AvgIpc) is 3.29. The number of hydrogen-bond acceptors (Lipinski definition) is 8. The molecule has 33 heavy (non-hydrogen) atoms. The van der Waals surface area contributed by atoms with Crippen LogP contribution in [0.15, 0.2) is 73.1 Å². The first-order chi connectivity index (χ1) is 16.1. The number of para-hydroxylation sites is 2. The third-order valence-corrected chi connectivity index (χ3v) is 5.35. The zero-order valence-electron chi connectivity index (χ0n) is 18.1. The normalized spacial score (nSPS) is 11.5. The van der Waals surface area contributed by atoms with E-state index in [0.717, 1.165) is 22.6 Å². The highest BCUT2D eigenvalue weighted by molar-refractivity contribution is 7.17. The first-order valence-electron chi connectivity index (χ1n) is 10.2. The monoisotopic (exact) mass is 462 g/mol. The van der Waals surface area contributed by atoms with Crippen LogP contribution < -0.4 is 19.5 Å². The molecule has 168 valence electrons. The SMILES string of the molecule is COc1ccccc1-c1cnccc1C(=O)Nc1nnc(OC(C)COc2ccccc2)s1. The van der Waals surface area contributed by atoms with Gasteiger partial charge >= 0.3 is 0 Å². The van der Waals surface area contributed by atoms with E-state index in [1.165, 1.54) is 0 Å². The second kappa shape index (κ2) is 10.6. The molecule has 0 radical (unpaired) electrons. The Hall–Kier alpha value is -3.98. The summed E-state index contributed by atoms with van der Waals surface area (Å²) in [4.78, 5) is 17.2. The van der Waals surface area contributed by atoms with Crippen LogP contribution in [0.5, 0.6) is 16.7 Å². The molecule has 2 aromatic carbocycles. The summed E-state index contributed by atoms with van der Waals surface area (Å²) in [5.41, 5.74) is 1.86. The molecule has 4 rings (SSSR count). The van der Waals surface area contributed by atoms with Crippen molar-refractivity contribution in [3.63, 3.8) is 0 Å². The van der Waals surface area contributed by atoms with Crippen molar-refractivity contribution in [3.8, 4) is 27.8 Å². The van der Waals surface area contributed by atoms with Crippen molar-refractivity contribution in [2.45, 2.75) is 13.0 Å². The van der Waals surface area contributed by atoms with Crippen molar-refractivity contribution in [2.75, 3.05) is 19.0 Å². The Kier molecular flexibility index (Phi) is 7.11. The van der Waals surface area contributed by atoms with Gasteiger partial charge < -0.3 is 14.2 Å². The molecule has 1 amide bonds. The number of ether oxygens (including phenoxy) is 3. The summed E-state index contributed by atoms with van der Waals surface area (Å²) in [6.07, 6.45) is 2.95. The Balaban J connectivity index is 1.41. The number of carbonyl (C=O) groups excluding carboxylic acids is 1. The van der Waals surface area contributed by atoms with Crippen molar-refractivity contribution in [1.29, 1.82) is 0 Å². The summed E-state index contributed by atoms with van der Waals surface area (Å²) < 4.78 is 16.9. The van der Waals surface area contributed by atoms with Crippen molar-refractivity contribution in [3.05, 3.63) is 78.6 Å². The number of benzene rings is 2. The van der Waals surface area contributed by atoms with E-state index in [4.69, 9.17) is 14.2 Å². The van der Waals surface area contributed by atoms with E-state index in [2.05, 4.69) is 20.5 Å². The quantitative estimate of drug-likeness (QED) is 0.385. The molecule has 2 heterocycles. The first kappa shape index (κ1) is 22.2. The van der Waals surface area contributed by atoms with Crippen LogP contribution in [0, 0.1) is 0 Å². The highest BCUT2D eigenvalue weighted by Gasteiger charge is 2.18. The van der Waals surface area contributed by atoms with Gasteiger partial charge in [-0.15, -0.1) is 5.10 Å². The molecular weight excluding hydrogens is 440 g/mol. The van der Waals surface area contributed by atoms with Crippen molar-refractivity contribution in [2.24, 2.45) is 0 Å². The summed E-state index contributed by atoms with van der Waals surface area (Å²) in [6.45, 7) is 2.23. The van der Waals surface area contributed by atoms with Crippen LogP contribution in [0.2, 0.25) is 0 Å². The molecule has 0 fully saturated rings. The summed E-state index contributed by atoms with van der Waals surface area (Å²) in [6, 6.07) is 18.6. The van der Waals surface area contributed by atoms with Crippen LogP contribution in [-0.2, 0) is 0 Å². The lowest BCUT2D eigenvalue weighted by Gasteiger charge is -2.13. The van der Waals surface area contributed by atoms with E-state index in [0.29, 0.717) is 33.8 Å². The molecule has 0 saturated carbocycles. The number of amides is 1. The van der Waals surface area contributed by atoms with Gasteiger partial charge in [-0.2, -0.15) is 0 Å². The number of aromatic nitrogens is 3. The van der Waals surface area contributed by atoms with Gasteiger partial charge in [0.25, 0.3) is 11.1 Å². The predicted molar refractivity (Wildman–Crippen MR) is 126 cm³/mol. The lowest BCUT2D eigenvalue weighted by molar-refractivity contribution is 0.102. The zero-order valence-corrected chi connectivity index (χ0v) is 18.9.